The molecule has 0 radical (unpaired) electrons. The van der Waals surface area contributed by atoms with Gasteiger partial charge in [-0.3, -0.25) is 9.59 Å². The van der Waals surface area contributed by atoms with Gasteiger partial charge < -0.3 is 29.3 Å². The molecule has 1 unspecified atom stereocenters. The highest BCUT2D eigenvalue weighted by molar-refractivity contribution is 6.46. The lowest BCUT2D eigenvalue weighted by Gasteiger charge is -2.26. The minimum absolute atomic E-state index is 0.0261. The maximum absolute atomic E-state index is 13.0. The first-order valence-electron chi connectivity index (χ1n) is 9.77. The molecular weight excluding hydrogens is 402 g/mol. The minimum atomic E-state index is -0.851. The van der Waals surface area contributed by atoms with Crippen molar-refractivity contribution in [3.63, 3.8) is 0 Å². The predicted molar refractivity (Wildman–Crippen MR) is 113 cm³/mol. The summed E-state index contributed by atoms with van der Waals surface area (Å²) in [7, 11) is 3.03. The van der Waals surface area contributed by atoms with Gasteiger partial charge in [0.15, 0.2) is 0 Å². The van der Waals surface area contributed by atoms with Crippen LogP contribution >= 0.6 is 0 Å². The van der Waals surface area contributed by atoms with Gasteiger partial charge in [-0.05, 0) is 30.3 Å². The third-order valence-electron chi connectivity index (χ3n) is 5.05. The summed E-state index contributed by atoms with van der Waals surface area (Å²) < 4.78 is 15.9. The Balaban J connectivity index is 2.10. The molecular formula is C23H25NO7. The first-order valence-corrected chi connectivity index (χ1v) is 9.77. The Morgan fingerprint density at radius 3 is 2.35 bits per heavy atom. The number of rotatable bonds is 9. The summed E-state index contributed by atoms with van der Waals surface area (Å²) in [5.74, 6) is -0.726. The lowest BCUT2D eigenvalue weighted by molar-refractivity contribution is -0.140. The van der Waals surface area contributed by atoms with Gasteiger partial charge in [0.2, 0.25) is 0 Å². The quantitative estimate of drug-likeness (QED) is 0.273. The monoisotopic (exact) mass is 427 g/mol. The standard InChI is InChI=1S/C23H25NO7/c1-29-16-9-7-15(8-10-16)21(26)19-20(17-5-3-4-6-18(17)30-2)24(23(28)22(19)27)11-13-31-14-12-25/h3-10,20,25-26H,11-14H2,1-2H3. The van der Waals surface area contributed by atoms with Crippen LogP contribution < -0.4 is 9.47 Å². The molecule has 0 bridgehead atoms. The molecule has 3 rings (SSSR count). The number of ether oxygens (including phenoxy) is 3. The predicted octanol–water partition coefficient (Wildman–Crippen LogP) is 2.13. The molecule has 31 heavy (non-hydrogen) atoms. The third kappa shape index (κ3) is 4.55. The number of hydrogen-bond acceptors (Lipinski definition) is 7. The minimum Gasteiger partial charge on any atom is -0.507 e. The normalized spacial score (nSPS) is 17.8. The van der Waals surface area contributed by atoms with Crippen molar-refractivity contribution in [1.82, 2.24) is 4.90 Å². The summed E-state index contributed by atoms with van der Waals surface area (Å²) >= 11 is 0. The highest BCUT2D eigenvalue weighted by Crippen LogP contribution is 2.42. The van der Waals surface area contributed by atoms with E-state index in [4.69, 9.17) is 19.3 Å². The van der Waals surface area contributed by atoms with E-state index in [0.717, 1.165) is 0 Å². The molecule has 1 heterocycles. The van der Waals surface area contributed by atoms with Gasteiger partial charge >= 0.3 is 0 Å². The average molecular weight is 427 g/mol. The molecule has 1 saturated heterocycles. The Kier molecular flexibility index (Phi) is 7.28. The smallest absolute Gasteiger partial charge is 0.295 e. The number of para-hydroxylation sites is 1. The van der Waals surface area contributed by atoms with Crippen LogP contribution in [0.4, 0.5) is 0 Å². The number of carbonyl (C=O) groups is 2. The third-order valence-corrected chi connectivity index (χ3v) is 5.05. The summed E-state index contributed by atoms with van der Waals surface area (Å²) in [6.45, 7) is 0.204. The molecule has 2 N–H and O–H groups in total. The number of aliphatic hydroxyl groups excluding tert-OH is 2. The van der Waals surface area contributed by atoms with E-state index >= 15 is 0 Å². The molecule has 0 spiro atoms. The Labute approximate surface area is 180 Å². The molecule has 0 saturated carbocycles. The lowest BCUT2D eigenvalue weighted by Crippen LogP contribution is -2.33. The molecule has 2 aromatic carbocycles. The van der Waals surface area contributed by atoms with E-state index in [-0.39, 0.29) is 37.7 Å². The van der Waals surface area contributed by atoms with Crippen molar-refractivity contribution < 1.29 is 34.0 Å². The Morgan fingerprint density at radius 1 is 1.00 bits per heavy atom. The summed E-state index contributed by atoms with van der Waals surface area (Å²) in [5.41, 5.74) is 0.929. The van der Waals surface area contributed by atoms with E-state index in [1.807, 2.05) is 0 Å². The SMILES string of the molecule is COc1ccc(C(O)=C2C(=O)C(=O)N(CCOCCO)C2c2ccccc2OC)cc1. The number of hydrogen-bond donors (Lipinski definition) is 2. The molecule has 0 aliphatic carbocycles. The van der Waals surface area contributed by atoms with Gasteiger partial charge in [-0.25, -0.2) is 0 Å². The zero-order valence-corrected chi connectivity index (χ0v) is 17.4. The highest BCUT2D eigenvalue weighted by atomic mass is 16.5. The summed E-state index contributed by atoms with van der Waals surface area (Å²) in [6, 6.07) is 12.7. The van der Waals surface area contributed by atoms with Gasteiger partial charge in [0.1, 0.15) is 17.3 Å². The van der Waals surface area contributed by atoms with Crippen LogP contribution in [0.25, 0.3) is 5.76 Å². The van der Waals surface area contributed by atoms with Crippen molar-refractivity contribution in [2.75, 3.05) is 40.6 Å². The average Bonchev–Trinajstić information content (AvgIpc) is 3.06. The van der Waals surface area contributed by atoms with Crippen molar-refractivity contribution in [2.45, 2.75) is 6.04 Å². The fourth-order valence-electron chi connectivity index (χ4n) is 3.56. The van der Waals surface area contributed by atoms with Crippen molar-refractivity contribution >= 4 is 17.4 Å². The van der Waals surface area contributed by atoms with Crippen molar-refractivity contribution in [2.24, 2.45) is 0 Å². The van der Waals surface area contributed by atoms with Gasteiger partial charge in [0, 0.05) is 17.7 Å². The van der Waals surface area contributed by atoms with E-state index in [2.05, 4.69) is 0 Å². The number of aliphatic hydroxyl groups is 2. The number of Topliss-reactive ketones (excluding diaryl/α,β-unsaturated/α-hetero) is 1. The van der Waals surface area contributed by atoms with Crippen LogP contribution in [0.3, 0.4) is 0 Å². The summed E-state index contributed by atoms with van der Waals surface area (Å²) in [4.78, 5) is 27.2. The fraction of sp³-hybridized carbons (Fsp3) is 0.304. The number of methoxy groups -OCH3 is 2. The molecule has 1 amide bonds. The number of amides is 1. The van der Waals surface area contributed by atoms with Gasteiger partial charge in [-0.1, -0.05) is 18.2 Å². The van der Waals surface area contributed by atoms with Crippen LogP contribution in [0.2, 0.25) is 0 Å². The largest absolute Gasteiger partial charge is 0.507 e. The van der Waals surface area contributed by atoms with E-state index in [0.29, 0.717) is 22.6 Å². The Hall–Kier alpha value is -3.36. The molecule has 2 aromatic rings. The van der Waals surface area contributed by atoms with E-state index in [1.54, 1.807) is 48.5 Å². The second-order valence-electron chi connectivity index (χ2n) is 6.80. The molecule has 1 atom stereocenters. The number of benzene rings is 2. The topological polar surface area (TPSA) is 106 Å². The van der Waals surface area contributed by atoms with E-state index in [9.17, 15) is 14.7 Å². The molecule has 1 aliphatic rings. The molecule has 1 fully saturated rings. The molecule has 8 nitrogen and oxygen atoms in total. The van der Waals surface area contributed by atoms with Crippen molar-refractivity contribution in [3.8, 4) is 11.5 Å². The molecule has 8 heteroatoms. The van der Waals surface area contributed by atoms with E-state index < -0.39 is 17.7 Å². The Morgan fingerprint density at radius 2 is 1.71 bits per heavy atom. The second-order valence-corrected chi connectivity index (χ2v) is 6.80. The van der Waals surface area contributed by atoms with Crippen molar-refractivity contribution in [1.29, 1.82) is 0 Å². The van der Waals surface area contributed by atoms with Crippen LogP contribution in [0, 0.1) is 0 Å². The molecule has 1 aliphatic heterocycles. The summed E-state index contributed by atoms with van der Waals surface area (Å²) in [6.07, 6.45) is 0. The van der Waals surface area contributed by atoms with Gasteiger partial charge in [-0.2, -0.15) is 0 Å². The van der Waals surface area contributed by atoms with Crippen LogP contribution in [0.5, 0.6) is 11.5 Å². The van der Waals surface area contributed by atoms with Crippen molar-refractivity contribution in [3.05, 3.63) is 65.2 Å². The van der Waals surface area contributed by atoms with Crippen LogP contribution in [0.15, 0.2) is 54.1 Å². The first kappa shape index (κ1) is 22.3. The maximum Gasteiger partial charge on any atom is 0.295 e. The van der Waals surface area contributed by atoms with Gasteiger partial charge in [-0.15, -0.1) is 0 Å². The Bertz CT molecular complexity index is 968. The maximum atomic E-state index is 13.0. The molecule has 164 valence electrons. The second kappa shape index (κ2) is 10.1. The zero-order chi connectivity index (χ0) is 22.4. The van der Waals surface area contributed by atoms with E-state index in [1.165, 1.54) is 19.1 Å². The van der Waals surface area contributed by atoms with Gasteiger partial charge in [0.05, 0.1) is 45.7 Å². The fourth-order valence-corrected chi connectivity index (χ4v) is 3.56. The zero-order valence-electron chi connectivity index (χ0n) is 17.4. The highest BCUT2D eigenvalue weighted by Gasteiger charge is 2.46. The lowest BCUT2D eigenvalue weighted by atomic mass is 9.94. The summed E-state index contributed by atoms with van der Waals surface area (Å²) in [5, 5.41) is 19.9. The number of likely N-dealkylation sites (tertiary alicyclic amines) is 1. The van der Waals surface area contributed by atoms with Gasteiger partial charge in [0.25, 0.3) is 11.7 Å². The molecule has 0 aromatic heterocycles. The van der Waals surface area contributed by atoms with Crippen LogP contribution in [-0.4, -0.2) is 67.4 Å². The van der Waals surface area contributed by atoms with Crippen LogP contribution in [-0.2, 0) is 14.3 Å². The number of carbonyl (C=O) groups excluding carboxylic acids is 2. The first-order chi connectivity index (χ1) is 15.0. The number of ketones is 1. The van der Waals surface area contributed by atoms with Crippen LogP contribution in [0.1, 0.15) is 17.2 Å². The number of nitrogens with zero attached hydrogens (tertiary/aromatic N) is 1.